The number of carbonyl (C=O) groups excluding carboxylic acids is 1. The molecule has 0 aliphatic rings. The summed E-state index contributed by atoms with van der Waals surface area (Å²) in [5, 5.41) is 6.66. The molecule has 0 aliphatic heterocycles. The van der Waals surface area contributed by atoms with E-state index in [0.717, 1.165) is 17.7 Å². The number of amides is 1. The van der Waals surface area contributed by atoms with Gasteiger partial charge in [-0.05, 0) is 53.1 Å². The molecule has 21 heavy (non-hydrogen) atoms. The third-order valence-corrected chi connectivity index (χ3v) is 3.36. The van der Waals surface area contributed by atoms with Gasteiger partial charge in [0.05, 0.1) is 0 Å². The van der Waals surface area contributed by atoms with E-state index < -0.39 is 6.36 Å². The van der Waals surface area contributed by atoms with E-state index in [-0.39, 0.29) is 17.2 Å². The first-order chi connectivity index (χ1) is 9.94. The molecule has 0 atom stereocenters. The van der Waals surface area contributed by atoms with Gasteiger partial charge in [0.25, 0.3) is 5.91 Å². The van der Waals surface area contributed by atoms with E-state index in [1.165, 1.54) is 12.1 Å². The first kappa shape index (κ1) is 15.4. The second-order valence-corrected chi connectivity index (χ2v) is 4.99. The second kappa shape index (κ2) is 6.62. The molecule has 112 valence electrons. The summed E-state index contributed by atoms with van der Waals surface area (Å²) < 4.78 is 39.7. The van der Waals surface area contributed by atoms with Crippen molar-refractivity contribution in [3.63, 3.8) is 0 Å². The Kier molecular flexibility index (Phi) is 4.85. The van der Waals surface area contributed by atoms with Crippen LogP contribution < -0.4 is 10.1 Å². The Morgan fingerprint density at radius 2 is 1.90 bits per heavy atom. The third-order valence-electron chi connectivity index (χ3n) is 2.63. The Morgan fingerprint density at radius 3 is 2.48 bits per heavy atom. The van der Waals surface area contributed by atoms with Gasteiger partial charge in [0.2, 0.25) is 0 Å². The summed E-state index contributed by atoms with van der Waals surface area (Å²) in [4.78, 5) is 11.8. The molecule has 3 nitrogen and oxygen atoms in total. The molecular formula is C14H12F3NO2S. The molecule has 0 radical (unpaired) electrons. The van der Waals surface area contributed by atoms with Gasteiger partial charge in [-0.2, -0.15) is 11.3 Å². The average molecular weight is 315 g/mol. The Labute approximate surface area is 123 Å². The molecule has 0 spiro atoms. The minimum absolute atomic E-state index is 0.287. The Bertz CT molecular complexity index is 579. The molecule has 1 aromatic heterocycles. The maximum absolute atomic E-state index is 12.0. The van der Waals surface area contributed by atoms with Crippen molar-refractivity contribution in [1.29, 1.82) is 0 Å². The Hall–Kier alpha value is -2.02. The predicted octanol–water partition coefficient (Wildman–Crippen LogP) is 3.62. The van der Waals surface area contributed by atoms with Crippen molar-refractivity contribution in [2.45, 2.75) is 12.8 Å². The topological polar surface area (TPSA) is 38.3 Å². The number of nitrogens with one attached hydrogen (secondary N) is 1. The lowest BCUT2D eigenvalue weighted by Gasteiger charge is -2.09. The van der Waals surface area contributed by atoms with Gasteiger partial charge < -0.3 is 10.1 Å². The smallest absolute Gasteiger partial charge is 0.406 e. The molecule has 1 N–H and O–H groups in total. The van der Waals surface area contributed by atoms with Crippen molar-refractivity contribution in [1.82, 2.24) is 5.32 Å². The van der Waals surface area contributed by atoms with Crippen LogP contribution in [0.15, 0.2) is 41.1 Å². The quantitative estimate of drug-likeness (QED) is 0.915. The zero-order valence-electron chi connectivity index (χ0n) is 10.8. The number of carbonyl (C=O) groups is 1. The van der Waals surface area contributed by atoms with Crippen LogP contribution >= 0.6 is 11.3 Å². The maximum atomic E-state index is 12.0. The van der Waals surface area contributed by atoms with Crippen LogP contribution in [-0.2, 0) is 6.42 Å². The Morgan fingerprint density at radius 1 is 1.19 bits per heavy atom. The first-order valence-corrected chi connectivity index (χ1v) is 7.03. The minimum atomic E-state index is -4.73. The van der Waals surface area contributed by atoms with Gasteiger partial charge in [-0.3, -0.25) is 4.79 Å². The summed E-state index contributed by atoms with van der Waals surface area (Å²) >= 11 is 1.58. The fraction of sp³-hybridized carbons (Fsp3) is 0.214. The van der Waals surface area contributed by atoms with Crippen molar-refractivity contribution in [3.05, 3.63) is 52.2 Å². The highest BCUT2D eigenvalue weighted by molar-refractivity contribution is 7.07. The maximum Gasteiger partial charge on any atom is 0.573 e. The van der Waals surface area contributed by atoms with Crippen molar-refractivity contribution < 1.29 is 22.7 Å². The SMILES string of the molecule is O=C(NCCc1ccsc1)c1ccc(OC(F)(F)F)cc1. The van der Waals surface area contributed by atoms with Crippen LogP contribution in [0, 0.1) is 0 Å². The number of hydrogen-bond acceptors (Lipinski definition) is 3. The molecule has 0 saturated carbocycles. The fourth-order valence-electron chi connectivity index (χ4n) is 1.67. The highest BCUT2D eigenvalue weighted by Crippen LogP contribution is 2.22. The van der Waals surface area contributed by atoms with Crippen molar-refractivity contribution in [3.8, 4) is 5.75 Å². The van der Waals surface area contributed by atoms with Gasteiger partial charge in [-0.25, -0.2) is 0 Å². The minimum Gasteiger partial charge on any atom is -0.406 e. The molecule has 7 heteroatoms. The number of rotatable bonds is 5. The number of ether oxygens (including phenoxy) is 1. The van der Waals surface area contributed by atoms with Gasteiger partial charge in [-0.15, -0.1) is 13.2 Å². The van der Waals surface area contributed by atoms with E-state index in [4.69, 9.17) is 0 Å². The molecule has 2 rings (SSSR count). The molecule has 1 aromatic carbocycles. The van der Waals surface area contributed by atoms with Crippen molar-refractivity contribution in [2.75, 3.05) is 6.54 Å². The number of halogens is 3. The van der Waals surface area contributed by atoms with Crippen LogP contribution in [0.25, 0.3) is 0 Å². The highest BCUT2D eigenvalue weighted by Gasteiger charge is 2.31. The zero-order valence-corrected chi connectivity index (χ0v) is 11.6. The molecule has 2 aromatic rings. The van der Waals surface area contributed by atoms with Gasteiger partial charge in [0, 0.05) is 12.1 Å². The van der Waals surface area contributed by atoms with E-state index in [2.05, 4.69) is 10.1 Å². The molecule has 0 bridgehead atoms. The standard InChI is InChI=1S/C14H12F3NO2S/c15-14(16,17)20-12-3-1-11(2-4-12)13(19)18-7-5-10-6-8-21-9-10/h1-4,6,8-9H,5,7H2,(H,18,19). The van der Waals surface area contributed by atoms with E-state index in [1.54, 1.807) is 11.3 Å². The summed E-state index contributed by atoms with van der Waals surface area (Å²) in [6, 6.07) is 6.78. The second-order valence-electron chi connectivity index (χ2n) is 4.21. The average Bonchev–Trinajstić information content (AvgIpc) is 2.91. The number of hydrogen-bond donors (Lipinski definition) is 1. The summed E-state index contributed by atoms with van der Waals surface area (Å²) in [5.74, 6) is -0.680. The van der Waals surface area contributed by atoms with Gasteiger partial charge in [0.15, 0.2) is 0 Å². The van der Waals surface area contributed by atoms with Gasteiger partial charge >= 0.3 is 6.36 Å². The predicted molar refractivity (Wildman–Crippen MR) is 73.5 cm³/mol. The molecular weight excluding hydrogens is 303 g/mol. The molecule has 0 aliphatic carbocycles. The molecule has 0 saturated heterocycles. The van der Waals surface area contributed by atoms with E-state index in [9.17, 15) is 18.0 Å². The van der Waals surface area contributed by atoms with E-state index in [0.29, 0.717) is 13.0 Å². The lowest BCUT2D eigenvalue weighted by molar-refractivity contribution is -0.274. The third kappa shape index (κ3) is 5.11. The fourth-order valence-corrected chi connectivity index (χ4v) is 2.37. The number of thiophene rings is 1. The molecule has 1 heterocycles. The van der Waals surface area contributed by atoms with Crippen LogP contribution in [0.2, 0.25) is 0 Å². The largest absolute Gasteiger partial charge is 0.573 e. The first-order valence-electron chi connectivity index (χ1n) is 6.09. The van der Waals surface area contributed by atoms with Gasteiger partial charge in [0.1, 0.15) is 5.75 Å². The molecule has 0 fully saturated rings. The molecule has 1 amide bonds. The van der Waals surface area contributed by atoms with Crippen LogP contribution in [0.1, 0.15) is 15.9 Å². The summed E-state index contributed by atoms with van der Waals surface area (Å²) in [7, 11) is 0. The van der Waals surface area contributed by atoms with Crippen molar-refractivity contribution in [2.24, 2.45) is 0 Å². The van der Waals surface area contributed by atoms with Crippen molar-refractivity contribution >= 4 is 17.2 Å². The normalized spacial score (nSPS) is 11.2. The van der Waals surface area contributed by atoms with E-state index >= 15 is 0 Å². The molecule has 0 unspecified atom stereocenters. The van der Waals surface area contributed by atoms with Crippen LogP contribution in [0.5, 0.6) is 5.75 Å². The summed E-state index contributed by atoms with van der Waals surface area (Å²) in [6.07, 6.45) is -4.02. The van der Waals surface area contributed by atoms with Crippen LogP contribution in [0.4, 0.5) is 13.2 Å². The number of alkyl halides is 3. The monoisotopic (exact) mass is 315 g/mol. The van der Waals surface area contributed by atoms with Gasteiger partial charge in [-0.1, -0.05) is 0 Å². The highest BCUT2D eigenvalue weighted by atomic mass is 32.1. The van der Waals surface area contributed by atoms with Crippen LogP contribution in [-0.4, -0.2) is 18.8 Å². The lowest BCUT2D eigenvalue weighted by atomic mass is 10.2. The summed E-state index contributed by atoms with van der Waals surface area (Å²) in [6.45, 7) is 0.469. The Balaban J connectivity index is 1.85. The van der Waals surface area contributed by atoms with Crippen LogP contribution in [0.3, 0.4) is 0 Å². The lowest BCUT2D eigenvalue weighted by Crippen LogP contribution is -2.25. The summed E-state index contributed by atoms with van der Waals surface area (Å²) in [5.41, 5.74) is 1.42. The zero-order chi connectivity index (χ0) is 15.3. The number of benzene rings is 1. The van der Waals surface area contributed by atoms with E-state index in [1.807, 2.05) is 16.8 Å².